The standard InChI is InChI=1S/C12H12N2O4S2/c1-20(16,17)14-12(15)9-3-2-4-11(5-9)18-6-10-7-19-8-13-10/h2-5,7-8H,6H2,1H3,(H,14,15). The Kier molecular flexibility index (Phi) is 4.35. The first kappa shape index (κ1) is 14.5. The van der Waals surface area contributed by atoms with Crippen LogP contribution in [0.1, 0.15) is 16.1 Å². The van der Waals surface area contributed by atoms with Crippen molar-refractivity contribution in [3.05, 3.63) is 46.4 Å². The van der Waals surface area contributed by atoms with Gasteiger partial charge in [-0.05, 0) is 18.2 Å². The van der Waals surface area contributed by atoms with Gasteiger partial charge < -0.3 is 4.74 Å². The van der Waals surface area contributed by atoms with Crippen molar-refractivity contribution < 1.29 is 17.9 Å². The smallest absolute Gasteiger partial charge is 0.264 e. The summed E-state index contributed by atoms with van der Waals surface area (Å²) in [6.07, 6.45) is 0.924. The maximum absolute atomic E-state index is 11.7. The van der Waals surface area contributed by atoms with Crippen LogP contribution in [-0.4, -0.2) is 25.6 Å². The van der Waals surface area contributed by atoms with Crippen LogP contribution in [-0.2, 0) is 16.6 Å². The highest BCUT2D eigenvalue weighted by Crippen LogP contribution is 2.15. The van der Waals surface area contributed by atoms with Crippen molar-refractivity contribution in [3.63, 3.8) is 0 Å². The summed E-state index contributed by atoms with van der Waals surface area (Å²) >= 11 is 1.47. The molecule has 0 saturated heterocycles. The monoisotopic (exact) mass is 312 g/mol. The quantitative estimate of drug-likeness (QED) is 0.902. The Balaban J connectivity index is 2.05. The van der Waals surface area contributed by atoms with Crippen LogP contribution in [0.4, 0.5) is 0 Å². The number of sulfonamides is 1. The van der Waals surface area contributed by atoms with Crippen molar-refractivity contribution in [2.45, 2.75) is 6.61 Å². The van der Waals surface area contributed by atoms with E-state index in [0.717, 1.165) is 11.9 Å². The zero-order valence-corrected chi connectivity index (χ0v) is 12.2. The molecular weight excluding hydrogens is 300 g/mol. The van der Waals surface area contributed by atoms with Crippen LogP contribution in [0.15, 0.2) is 35.2 Å². The zero-order chi connectivity index (χ0) is 14.6. The van der Waals surface area contributed by atoms with Gasteiger partial charge in [-0.25, -0.2) is 18.1 Å². The number of hydrogen-bond acceptors (Lipinski definition) is 6. The Morgan fingerprint density at radius 3 is 2.90 bits per heavy atom. The lowest BCUT2D eigenvalue weighted by Gasteiger charge is -2.07. The molecule has 0 aliphatic heterocycles. The van der Waals surface area contributed by atoms with Crippen LogP contribution in [0.5, 0.6) is 5.75 Å². The van der Waals surface area contributed by atoms with Crippen LogP contribution in [0.25, 0.3) is 0 Å². The predicted octanol–water partition coefficient (Wildman–Crippen LogP) is 1.41. The third-order valence-corrected chi connectivity index (χ3v) is 3.44. The number of thiazole rings is 1. The number of hydrogen-bond donors (Lipinski definition) is 1. The molecule has 0 saturated carbocycles. The van der Waals surface area contributed by atoms with Crippen LogP contribution >= 0.6 is 11.3 Å². The molecule has 20 heavy (non-hydrogen) atoms. The van der Waals surface area contributed by atoms with E-state index in [9.17, 15) is 13.2 Å². The van der Waals surface area contributed by atoms with Gasteiger partial charge in [0.1, 0.15) is 12.4 Å². The minimum atomic E-state index is -3.58. The van der Waals surface area contributed by atoms with Gasteiger partial charge in [-0.1, -0.05) is 6.07 Å². The molecule has 0 aliphatic rings. The first-order valence-electron chi connectivity index (χ1n) is 5.56. The largest absolute Gasteiger partial charge is 0.487 e. The number of rotatable bonds is 5. The fraction of sp³-hybridized carbons (Fsp3) is 0.167. The molecule has 0 aliphatic carbocycles. The van der Waals surface area contributed by atoms with Crippen LogP contribution in [0, 0.1) is 0 Å². The number of carbonyl (C=O) groups is 1. The van der Waals surface area contributed by atoms with Crippen LogP contribution in [0.3, 0.4) is 0 Å². The number of nitrogens with zero attached hydrogens (tertiary/aromatic N) is 1. The summed E-state index contributed by atoms with van der Waals surface area (Å²) in [5, 5.41) is 1.86. The Hall–Kier alpha value is -1.93. The molecule has 1 N–H and O–H groups in total. The second-order valence-electron chi connectivity index (χ2n) is 4.00. The van der Waals surface area contributed by atoms with Crippen molar-refractivity contribution in [3.8, 4) is 5.75 Å². The summed E-state index contributed by atoms with van der Waals surface area (Å²) in [6.45, 7) is 0.292. The van der Waals surface area contributed by atoms with E-state index in [-0.39, 0.29) is 5.56 Å². The minimum Gasteiger partial charge on any atom is -0.487 e. The SMILES string of the molecule is CS(=O)(=O)NC(=O)c1cccc(OCc2cscn2)c1. The van der Waals surface area contributed by atoms with Gasteiger partial charge in [0.15, 0.2) is 0 Å². The Morgan fingerprint density at radius 2 is 2.25 bits per heavy atom. The van der Waals surface area contributed by atoms with Gasteiger partial charge in [0.05, 0.1) is 17.5 Å². The normalized spacial score (nSPS) is 11.1. The van der Waals surface area contributed by atoms with Crippen molar-refractivity contribution >= 4 is 27.3 Å². The third kappa shape index (κ3) is 4.32. The highest BCUT2D eigenvalue weighted by molar-refractivity contribution is 7.89. The lowest BCUT2D eigenvalue weighted by Crippen LogP contribution is -2.29. The molecule has 1 aromatic carbocycles. The molecule has 106 valence electrons. The lowest BCUT2D eigenvalue weighted by atomic mass is 10.2. The maximum Gasteiger partial charge on any atom is 0.264 e. The number of aromatic nitrogens is 1. The van der Waals surface area contributed by atoms with Gasteiger partial charge in [-0.2, -0.15) is 0 Å². The average molecular weight is 312 g/mol. The van der Waals surface area contributed by atoms with E-state index in [4.69, 9.17) is 4.74 Å². The molecule has 0 unspecified atom stereocenters. The highest BCUT2D eigenvalue weighted by Gasteiger charge is 2.11. The third-order valence-electron chi connectivity index (χ3n) is 2.24. The highest BCUT2D eigenvalue weighted by atomic mass is 32.2. The first-order valence-corrected chi connectivity index (χ1v) is 8.39. The van der Waals surface area contributed by atoms with Gasteiger partial charge in [0.25, 0.3) is 5.91 Å². The van der Waals surface area contributed by atoms with Gasteiger partial charge in [0, 0.05) is 10.9 Å². The zero-order valence-electron chi connectivity index (χ0n) is 10.6. The number of nitrogens with one attached hydrogen (secondary N) is 1. The molecule has 0 fully saturated rings. The molecule has 6 nitrogen and oxygen atoms in total. The fourth-order valence-electron chi connectivity index (χ4n) is 1.42. The molecule has 0 bridgehead atoms. The van der Waals surface area contributed by atoms with E-state index in [1.54, 1.807) is 17.6 Å². The van der Waals surface area contributed by atoms with Crippen molar-refractivity contribution in [2.24, 2.45) is 0 Å². The topological polar surface area (TPSA) is 85.4 Å². The van der Waals surface area contributed by atoms with Gasteiger partial charge in [-0.3, -0.25) is 4.79 Å². The number of amides is 1. The van der Waals surface area contributed by atoms with E-state index in [1.807, 2.05) is 10.1 Å². The van der Waals surface area contributed by atoms with Crippen molar-refractivity contribution in [1.29, 1.82) is 0 Å². The maximum atomic E-state index is 11.7. The minimum absolute atomic E-state index is 0.214. The van der Waals surface area contributed by atoms with Gasteiger partial charge in [-0.15, -0.1) is 11.3 Å². The molecule has 2 rings (SSSR count). The Labute approximate surface area is 120 Å². The van der Waals surface area contributed by atoms with Gasteiger partial charge in [0.2, 0.25) is 10.0 Å². The lowest BCUT2D eigenvalue weighted by molar-refractivity contribution is 0.0981. The molecule has 1 aromatic heterocycles. The van der Waals surface area contributed by atoms with Crippen molar-refractivity contribution in [2.75, 3.05) is 6.26 Å². The number of ether oxygens (including phenoxy) is 1. The van der Waals surface area contributed by atoms with Crippen LogP contribution < -0.4 is 9.46 Å². The molecule has 0 radical (unpaired) electrons. The van der Waals surface area contributed by atoms with E-state index in [2.05, 4.69) is 4.98 Å². The summed E-state index contributed by atoms with van der Waals surface area (Å²) in [5.74, 6) is -0.217. The van der Waals surface area contributed by atoms with E-state index in [0.29, 0.717) is 12.4 Å². The summed E-state index contributed by atoms with van der Waals surface area (Å²) in [5.41, 5.74) is 2.71. The molecule has 0 atom stereocenters. The van der Waals surface area contributed by atoms with Crippen LogP contribution in [0.2, 0.25) is 0 Å². The van der Waals surface area contributed by atoms with E-state index < -0.39 is 15.9 Å². The molecule has 1 heterocycles. The second kappa shape index (κ2) is 6.02. The molecule has 2 aromatic rings. The fourth-order valence-corrected chi connectivity index (χ4v) is 2.42. The summed E-state index contributed by atoms with van der Waals surface area (Å²) in [4.78, 5) is 15.8. The second-order valence-corrected chi connectivity index (χ2v) is 6.47. The van der Waals surface area contributed by atoms with Crippen molar-refractivity contribution in [1.82, 2.24) is 9.71 Å². The first-order chi connectivity index (χ1) is 9.44. The average Bonchev–Trinajstić information content (AvgIpc) is 2.88. The summed E-state index contributed by atoms with van der Waals surface area (Å²) < 4.78 is 29.4. The Morgan fingerprint density at radius 1 is 1.45 bits per heavy atom. The van der Waals surface area contributed by atoms with E-state index >= 15 is 0 Å². The summed E-state index contributed by atoms with van der Waals surface area (Å²) in [7, 11) is -3.58. The molecule has 1 amide bonds. The Bertz CT molecular complexity index is 696. The predicted molar refractivity (Wildman–Crippen MR) is 75.2 cm³/mol. The number of benzene rings is 1. The summed E-state index contributed by atoms with van der Waals surface area (Å²) in [6, 6.07) is 6.29. The molecule has 0 spiro atoms. The van der Waals surface area contributed by atoms with E-state index in [1.165, 1.54) is 23.5 Å². The molecule has 8 heteroatoms. The number of carbonyl (C=O) groups excluding carboxylic acids is 1. The molecular formula is C12H12N2O4S2. The van der Waals surface area contributed by atoms with Gasteiger partial charge >= 0.3 is 0 Å².